The van der Waals surface area contributed by atoms with Gasteiger partial charge in [-0.15, -0.1) is 0 Å². The molecule has 1 saturated carbocycles. The molecule has 170 valence electrons. The summed E-state index contributed by atoms with van der Waals surface area (Å²) in [5.74, 6) is 0.637. The second kappa shape index (κ2) is 7.35. The van der Waals surface area contributed by atoms with Gasteiger partial charge in [0.15, 0.2) is 6.20 Å². The maximum atomic E-state index is 6.69. The van der Waals surface area contributed by atoms with Crippen LogP contribution in [0.25, 0.3) is 43.7 Å². The average Bonchev–Trinajstić information content (AvgIpc) is 3.21. The molecule has 0 atom stereocenters. The fourth-order valence-corrected chi connectivity index (χ4v) is 6.78. The largest absolute Gasteiger partial charge is 0.456 e. The summed E-state index contributed by atoms with van der Waals surface area (Å²) in [7, 11) is 4.29. The maximum absolute atomic E-state index is 6.69. The van der Waals surface area contributed by atoms with Gasteiger partial charge in [0.25, 0.3) is 0 Å². The zero-order chi connectivity index (χ0) is 22.9. The number of aryl methyl sites for hydroxylation is 3. The van der Waals surface area contributed by atoms with Crippen molar-refractivity contribution in [1.29, 1.82) is 0 Å². The van der Waals surface area contributed by atoms with Crippen molar-refractivity contribution in [2.75, 3.05) is 0 Å². The summed E-state index contributed by atoms with van der Waals surface area (Å²) in [6.07, 6.45) is 12.3. The number of benzene rings is 2. The van der Waals surface area contributed by atoms with E-state index >= 15 is 0 Å². The number of rotatable bonds is 3. The van der Waals surface area contributed by atoms with Gasteiger partial charge in [-0.25, -0.2) is 4.57 Å². The normalized spacial score (nSPS) is 17.1. The van der Waals surface area contributed by atoms with Crippen LogP contribution in [0.2, 0.25) is 0 Å². The Morgan fingerprint density at radius 3 is 2.45 bits per heavy atom. The summed E-state index contributed by atoms with van der Waals surface area (Å²) in [4.78, 5) is 0. The highest BCUT2D eigenvalue weighted by atomic mass is 16.3. The molecule has 3 heteroatoms. The van der Waals surface area contributed by atoms with Crippen LogP contribution in [-0.2, 0) is 14.1 Å². The predicted molar refractivity (Wildman–Crippen MR) is 138 cm³/mol. The molecule has 0 saturated heterocycles. The van der Waals surface area contributed by atoms with E-state index in [1.54, 1.807) is 0 Å². The van der Waals surface area contributed by atoms with Crippen LogP contribution < -0.4 is 4.57 Å². The van der Waals surface area contributed by atoms with Crippen LogP contribution in [0.5, 0.6) is 0 Å². The molecule has 1 aliphatic carbocycles. The second-order valence-electron chi connectivity index (χ2n) is 10.6. The van der Waals surface area contributed by atoms with Crippen LogP contribution in [0.3, 0.4) is 0 Å². The van der Waals surface area contributed by atoms with Gasteiger partial charge in [0.1, 0.15) is 18.2 Å². The van der Waals surface area contributed by atoms with Crippen molar-refractivity contribution in [3.8, 4) is 0 Å². The first-order valence-electron chi connectivity index (χ1n) is 12.7. The van der Waals surface area contributed by atoms with E-state index in [9.17, 15) is 0 Å². The molecule has 33 heavy (non-hydrogen) atoms. The molecular weight excluding hydrogens is 404 g/mol. The van der Waals surface area contributed by atoms with Gasteiger partial charge < -0.3 is 8.98 Å². The van der Waals surface area contributed by atoms with Gasteiger partial charge in [0.05, 0.1) is 16.3 Å². The zero-order valence-corrected chi connectivity index (χ0v) is 20.7. The minimum absolute atomic E-state index is 0.566. The van der Waals surface area contributed by atoms with E-state index in [2.05, 4.69) is 86.7 Å². The molecule has 5 aromatic rings. The van der Waals surface area contributed by atoms with E-state index in [4.69, 9.17) is 4.42 Å². The van der Waals surface area contributed by atoms with Crippen LogP contribution in [0.4, 0.5) is 0 Å². The van der Waals surface area contributed by atoms with E-state index in [0.717, 1.165) is 11.2 Å². The fourth-order valence-electron chi connectivity index (χ4n) is 6.78. The number of hydrogen-bond acceptors (Lipinski definition) is 1. The van der Waals surface area contributed by atoms with E-state index < -0.39 is 0 Å². The lowest BCUT2D eigenvalue weighted by atomic mass is 9.66. The summed E-state index contributed by atoms with van der Waals surface area (Å²) in [5, 5.41) is 5.02. The SMILES string of the molecule is CCC1(CC)CCC(c2cc3ccn(C)c4c5c(C)c6c(cc[n+]6C)cc5oc(c2)c34)CC1. The highest BCUT2D eigenvalue weighted by Crippen LogP contribution is 2.48. The zero-order valence-electron chi connectivity index (χ0n) is 20.7. The van der Waals surface area contributed by atoms with Crippen molar-refractivity contribution in [3.05, 3.63) is 53.9 Å². The molecule has 0 unspecified atom stereocenters. The van der Waals surface area contributed by atoms with Gasteiger partial charge in [0.2, 0.25) is 5.52 Å². The molecule has 0 spiro atoms. The van der Waals surface area contributed by atoms with Crippen LogP contribution >= 0.6 is 0 Å². The van der Waals surface area contributed by atoms with E-state index in [1.165, 1.54) is 82.2 Å². The Hall–Kier alpha value is -2.81. The molecule has 1 aliphatic rings. The van der Waals surface area contributed by atoms with Gasteiger partial charge in [-0.1, -0.05) is 32.8 Å². The summed E-state index contributed by atoms with van der Waals surface area (Å²) < 4.78 is 11.2. The van der Waals surface area contributed by atoms with Gasteiger partial charge in [-0.05, 0) is 73.1 Å². The molecule has 0 N–H and O–H groups in total. The lowest BCUT2D eigenvalue weighted by Gasteiger charge is -2.39. The van der Waals surface area contributed by atoms with E-state index in [1.807, 2.05) is 0 Å². The van der Waals surface area contributed by atoms with Crippen molar-refractivity contribution in [2.24, 2.45) is 19.5 Å². The van der Waals surface area contributed by atoms with Crippen LogP contribution in [0.15, 0.2) is 47.1 Å². The molecule has 3 nitrogen and oxygen atoms in total. The first kappa shape index (κ1) is 20.8. The van der Waals surface area contributed by atoms with Crippen molar-refractivity contribution < 1.29 is 8.98 Å². The van der Waals surface area contributed by atoms with Gasteiger partial charge in [-0.2, -0.15) is 0 Å². The Morgan fingerprint density at radius 1 is 1.00 bits per heavy atom. The third-order valence-electron chi connectivity index (χ3n) is 9.06. The predicted octanol–water partition coefficient (Wildman–Crippen LogP) is 7.83. The molecule has 1 fully saturated rings. The van der Waals surface area contributed by atoms with Crippen LogP contribution in [-0.4, -0.2) is 4.57 Å². The molecule has 3 aromatic heterocycles. The molecular formula is C30H35N2O+. The minimum atomic E-state index is 0.566. The standard InChI is InChI=1S/C30H35N2O/c1-6-30(7-2)12-8-20(9-13-30)23-16-21-10-14-32(5)29-26-19(3)28-22(11-15-31(28)4)17-24(26)33-25(18-23)27(21)29/h10-11,14-18,20H,6-9,12-13H2,1-5H3/q+1. The summed E-state index contributed by atoms with van der Waals surface area (Å²) in [5.41, 5.74) is 7.88. The molecule has 2 aromatic carbocycles. The van der Waals surface area contributed by atoms with Gasteiger partial charge in [0, 0.05) is 30.3 Å². The second-order valence-corrected chi connectivity index (χ2v) is 10.6. The topological polar surface area (TPSA) is 21.9 Å². The lowest BCUT2D eigenvalue weighted by Crippen LogP contribution is -2.25. The Bertz CT molecular complexity index is 1520. The Kier molecular flexibility index (Phi) is 4.62. The first-order chi connectivity index (χ1) is 15.9. The third kappa shape index (κ3) is 2.97. The third-order valence-corrected chi connectivity index (χ3v) is 9.06. The average molecular weight is 440 g/mol. The number of hydrogen-bond donors (Lipinski definition) is 0. The molecule has 3 heterocycles. The monoisotopic (exact) mass is 439 g/mol. The van der Waals surface area contributed by atoms with Crippen LogP contribution in [0, 0.1) is 12.3 Å². The minimum Gasteiger partial charge on any atom is -0.456 e. The van der Waals surface area contributed by atoms with E-state index in [-0.39, 0.29) is 0 Å². The Morgan fingerprint density at radius 2 is 1.73 bits per heavy atom. The summed E-state index contributed by atoms with van der Waals surface area (Å²) in [6, 6.07) is 11.5. The van der Waals surface area contributed by atoms with Crippen LogP contribution in [0.1, 0.15) is 69.4 Å². The molecule has 0 bridgehead atoms. The highest BCUT2D eigenvalue weighted by Gasteiger charge is 2.33. The summed E-state index contributed by atoms with van der Waals surface area (Å²) in [6.45, 7) is 6.99. The quantitative estimate of drug-likeness (QED) is 0.159. The number of fused-ring (bicyclic) bond motifs is 3. The number of pyridine rings is 1. The highest BCUT2D eigenvalue weighted by molar-refractivity contribution is 6.19. The van der Waals surface area contributed by atoms with Crippen molar-refractivity contribution in [3.63, 3.8) is 0 Å². The Labute approximate surface area is 196 Å². The molecule has 0 radical (unpaired) electrons. The number of nitrogens with zero attached hydrogens (tertiary/aromatic N) is 2. The smallest absolute Gasteiger partial charge is 0.216 e. The molecule has 0 amide bonds. The maximum Gasteiger partial charge on any atom is 0.216 e. The van der Waals surface area contributed by atoms with Gasteiger partial charge >= 0.3 is 0 Å². The van der Waals surface area contributed by atoms with Crippen molar-refractivity contribution >= 4 is 43.7 Å². The van der Waals surface area contributed by atoms with Gasteiger partial charge in [-0.3, -0.25) is 0 Å². The molecule has 6 rings (SSSR count). The lowest BCUT2D eigenvalue weighted by molar-refractivity contribution is -0.642. The Balaban J connectivity index is 1.58. The fraction of sp³-hybridized carbons (Fsp3) is 0.433. The van der Waals surface area contributed by atoms with E-state index in [0.29, 0.717) is 11.3 Å². The summed E-state index contributed by atoms with van der Waals surface area (Å²) >= 11 is 0. The number of aromatic nitrogens is 2. The van der Waals surface area contributed by atoms with Crippen molar-refractivity contribution in [2.45, 2.75) is 65.2 Å². The first-order valence-corrected chi connectivity index (χ1v) is 12.7. The van der Waals surface area contributed by atoms with Crippen molar-refractivity contribution in [1.82, 2.24) is 4.57 Å². The molecule has 0 aliphatic heterocycles.